The zero-order chi connectivity index (χ0) is 23.0. The normalized spacial score (nSPS) is 11.8. The highest BCUT2D eigenvalue weighted by molar-refractivity contribution is 6.69. The van der Waals surface area contributed by atoms with E-state index in [1.165, 1.54) is 11.1 Å². The average Bonchev–Trinajstić information content (AvgIpc) is 2.78. The Labute approximate surface area is 194 Å². The summed E-state index contributed by atoms with van der Waals surface area (Å²) in [6.07, 6.45) is 0. The lowest BCUT2D eigenvalue weighted by Crippen LogP contribution is -2.41. The van der Waals surface area contributed by atoms with Gasteiger partial charge in [-0.1, -0.05) is 102 Å². The molecule has 3 rings (SSSR count). The van der Waals surface area contributed by atoms with Gasteiger partial charge < -0.3 is 9.26 Å². The molecule has 0 aromatic heterocycles. The van der Waals surface area contributed by atoms with Gasteiger partial charge in [0.15, 0.2) is 13.9 Å². The van der Waals surface area contributed by atoms with Gasteiger partial charge in [-0.15, -0.1) is 0 Å². The van der Waals surface area contributed by atoms with E-state index in [1.54, 1.807) is 7.11 Å². The molecule has 0 saturated heterocycles. The van der Waals surface area contributed by atoms with Crippen molar-refractivity contribution in [3.8, 4) is 11.8 Å². The summed E-state index contributed by atoms with van der Waals surface area (Å²) in [7, 11) is -0.266. The summed E-state index contributed by atoms with van der Waals surface area (Å²) in [5.41, 5.74) is 3.70. The molecule has 0 atom stereocenters. The Hall–Kier alpha value is -2.68. The van der Waals surface area contributed by atoms with Gasteiger partial charge in [0.2, 0.25) is 0 Å². The van der Waals surface area contributed by atoms with Crippen LogP contribution in [0.5, 0.6) is 0 Å². The van der Waals surface area contributed by atoms with Crippen molar-refractivity contribution < 1.29 is 9.26 Å². The Bertz CT molecular complexity index is 1010. The summed E-state index contributed by atoms with van der Waals surface area (Å²) < 4.78 is 6.85. The molecular weight excluding hydrogens is 410 g/mol. The molecule has 166 valence electrons. The summed E-state index contributed by atoms with van der Waals surface area (Å²) in [5, 5.41) is 1.87. The number of benzene rings is 3. The fourth-order valence-corrected chi connectivity index (χ4v) is 4.92. The molecule has 3 aromatic rings. The molecule has 0 unspecified atom stereocenters. The van der Waals surface area contributed by atoms with Gasteiger partial charge in [0.25, 0.3) is 0 Å². The lowest BCUT2D eigenvalue weighted by atomic mass is 9.87. The highest BCUT2D eigenvalue weighted by Crippen LogP contribution is 2.36. The van der Waals surface area contributed by atoms with Crippen LogP contribution in [-0.2, 0) is 21.4 Å². The van der Waals surface area contributed by atoms with Crippen LogP contribution < -0.4 is 0 Å². The number of hydrogen-bond acceptors (Lipinski definition) is 3. The van der Waals surface area contributed by atoms with Crippen LogP contribution >= 0.6 is 0 Å². The Kier molecular flexibility index (Phi) is 8.06. The Balaban J connectivity index is 1.98. The van der Waals surface area contributed by atoms with Gasteiger partial charge in [-0.05, 0) is 43.3 Å². The van der Waals surface area contributed by atoms with Gasteiger partial charge in [0.05, 0.1) is 20.2 Å². The van der Waals surface area contributed by atoms with Crippen molar-refractivity contribution in [3.63, 3.8) is 0 Å². The first kappa shape index (κ1) is 24.0. The van der Waals surface area contributed by atoms with Crippen molar-refractivity contribution in [2.75, 3.05) is 13.7 Å². The van der Waals surface area contributed by atoms with Crippen LogP contribution in [0.2, 0.25) is 19.6 Å². The van der Waals surface area contributed by atoms with E-state index in [0.29, 0.717) is 13.1 Å². The van der Waals surface area contributed by atoms with Gasteiger partial charge in [-0.2, -0.15) is 5.06 Å². The first-order chi connectivity index (χ1) is 15.3. The highest BCUT2D eigenvalue weighted by atomic mass is 28.4. The van der Waals surface area contributed by atoms with Crippen LogP contribution in [-0.4, -0.2) is 27.0 Å². The largest absolute Gasteiger partial charge is 0.395 e. The molecular formula is C28H33NO2Si. The molecule has 0 radical (unpaired) electrons. The van der Waals surface area contributed by atoms with Crippen LogP contribution in [0.4, 0.5) is 0 Å². The van der Waals surface area contributed by atoms with E-state index >= 15 is 0 Å². The van der Waals surface area contributed by atoms with Crippen LogP contribution in [0.1, 0.15) is 22.3 Å². The summed E-state index contributed by atoms with van der Waals surface area (Å²) in [6, 6.07) is 29.1. The number of hydrogen-bond donors (Lipinski definition) is 0. The summed E-state index contributed by atoms with van der Waals surface area (Å²) in [4.78, 5) is 5.62. The van der Waals surface area contributed by atoms with Gasteiger partial charge >= 0.3 is 0 Å². The molecule has 3 nitrogen and oxygen atoms in total. The van der Waals surface area contributed by atoms with E-state index in [-0.39, 0.29) is 0 Å². The number of nitrogens with zero attached hydrogens (tertiary/aromatic N) is 1. The lowest BCUT2D eigenvalue weighted by molar-refractivity contribution is -0.128. The molecule has 0 aliphatic rings. The Morgan fingerprint density at radius 2 is 1.44 bits per heavy atom. The predicted octanol–water partition coefficient (Wildman–Crippen LogP) is 6.16. The molecule has 0 heterocycles. The standard InChI is InChI=1S/C28H33NO2Si/c1-24-14-12-15-25(22-24)23-29(30-2)21-13-20-28(31-32(3,4)5,26-16-8-6-9-17-26)27-18-10-7-11-19-27/h6-12,14-19,22H,21,23H2,1-5H3. The van der Waals surface area contributed by atoms with E-state index in [1.807, 2.05) is 41.5 Å². The number of aryl methyl sites for hydroxylation is 1. The van der Waals surface area contributed by atoms with E-state index in [2.05, 4.69) is 86.9 Å². The summed E-state index contributed by atoms with van der Waals surface area (Å²) in [6.45, 7) is 9.85. The second-order valence-electron chi connectivity index (χ2n) is 8.90. The van der Waals surface area contributed by atoms with E-state index in [0.717, 1.165) is 11.1 Å². The predicted molar refractivity (Wildman–Crippen MR) is 134 cm³/mol. The van der Waals surface area contributed by atoms with Gasteiger partial charge in [-0.25, -0.2) is 0 Å². The molecule has 4 heteroatoms. The maximum atomic E-state index is 6.85. The van der Waals surface area contributed by atoms with Crippen molar-refractivity contribution in [1.29, 1.82) is 0 Å². The molecule has 3 aromatic carbocycles. The smallest absolute Gasteiger partial charge is 0.186 e. The molecule has 0 saturated carbocycles. The molecule has 0 amide bonds. The molecule has 0 aliphatic carbocycles. The van der Waals surface area contributed by atoms with E-state index in [9.17, 15) is 0 Å². The van der Waals surface area contributed by atoms with Crippen LogP contribution in [0, 0.1) is 18.8 Å². The minimum atomic E-state index is -1.96. The third-order valence-electron chi connectivity index (χ3n) is 5.04. The number of rotatable bonds is 8. The molecule has 0 spiro atoms. The minimum Gasteiger partial charge on any atom is -0.395 e. The Morgan fingerprint density at radius 3 is 1.94 bits per heavy atom. The average molecular weight is 444 g/mol. The fraction of sp³-hybridized carbons (Fsp3) is 0.286. The summed E-state index contributed by atoms with van der Waals surface area (Å²) in [5.74, 6) is 6.91. The van der Waals surface area contributed by atoms with Crippen molar-refractivity contribution in [2.45, 2.75) is 38.7 Å². The third kappa shape index (κ3) is 6.41. The van der Waals surface area contributed by atoms with Crippen LogP contribution in [0.25, 0.3) is 0 Å². The summed E-state index contributed by atoms with van der Waals surface area (Å²) >= 11 is 0. The van der Waals surface area contributed by atoms with Gasteiger partial charge in [0.1, 0.15) is 0 Å². The fourth-order valence-electron chi connectivity index (χ4n) is 3.71. The highest BCUT2D eigenvalue weighted by Gasteiger charge is 2.38. The molecule has 0 bridgehead atoms. The second kappa shape index (κ2) is 10.8. The van der Waals surface area contributed by atoms with Crippen LogP contribution in [0.15, 0.2) is 84.9 Å². The topological polar surface area (TPSA) is 21.7 Å². The number of hydroxylamine groups is 2. The van der Waals surface area contributed by atoms with Gasteiger partial charge in [0, 0.05) is 0 Å². The Morgan fingerprint density at radius 1 is 0.844 bits per heavy atom. The molecule has 0 aliphatic heterocycles. The molecule has 32 heavy (non-hydrogen) atoms. The maximum absolute atomic E-state index is 6.85. The first-order valence-corrected chi connectivity index (χ1v) is 14.4. The van der Waals surface area contributed by atoms with Crippen molar-refractivity contribution in [3.05, 3.63) is 107 Å². The maximum Gasteiger partial charge on any atom is 0.186 e. The van der Waals surface area contributed by atoms with Crippen LogP contribution in [0.3, 0.4) is 0 Å². The van der Waals surface area contributed by atoms with Crippen molar-refractivity contribution in [1.82, 2.24) is 5.06 Å². The molecule has 0 fully saturated rings. The van der Waals surface area contributed by atoms with E-state index in [4.69, 9.17) is 9.26 Å². The van der Waals surface area contributed by atoms with Crippen molar-refractivity contribution in [2.24, 2.45) is 0 Å². The quantitative estimate of drug-likeness (QED) is 0.236. The molecule has 0 N–H and O–H groups in total. The third-order valence-corrected chi connectivity index (χ3v) is 5.96. The minimum absolute atomic E-state index is 0.473. The van der Waals surface area contributed by atoms with Gasteiger partial charge in [-0.3, -0.25) is 0 Å². The monoisotopic (exact) mass is 443 g/mol. The zero-order valence-electron chi connectivity index (χ0n) is 19.8. The first-order valence-electron chi connectivity index (χ1n) is 11.0. The van der Waals surface area contributed by atoms with E-state index < -0.39 is 13.9 Å². The SMILES string of the molecule is CON(CC#CC(O[Si](C)(C)C)(c1ccccc1)c1ccccc1)Cc1cccc(C)c1. The second-order valence-corrected chi connectivity index (χ2v) is 13.3. The van der Waals surface area contributed by atoms with Crippen molar-refractivity contribution >= 4 is 8.32 Å². The lowest BCUT2D eigenvalue weighted by Gasteiger charge is -2.36. The zero-order valence-corrected chi connectivity index (χ0v) is 20.8.